The molecular formula is C13H14N2O2. The standard InChI is InChI=1S/C13H14N2O2/c14-13-8-12(17-15-13)9-3-1-6-11(7-9)16-10-4-2-5-10/h1,3,6-8,10H,2,4-5H2,(H2,14,15). The third-order valence-corrected chi connectivity index (χ3v) is 3.00. The minimum atomic E-state index is 0.380. The molecule has 0 amide bonds. The van der Waals surface area contributed by atoms with Gasteiger partial charge in [0.1, 0.15) is 5.75 Å². The molecule has 17 heavy (non-hydrogen) atoms. The molecule has 0 aliphatic heterocycles. The van der Waals surface area contributed by atoms with Crippen molar-refractivity contribution in [3.8, 4) is 17.1 Å². The molecule has 0 saturated heterocycles. The van der Waals surface area contributed by atoms with E-state index in [1.165, 1.54) is 6.42 Å². The third kappa shape index (κ3) is 2.11. The molecule has 4 heteroatoms. The summed E-state index contributed by atoms with van der Waals surface area (Å²) in [5.74, 6) is 1.94. The highest BCUT2D eigenvalue weighted by Gasteiger charge is 2.19. The van der Waals surface area contributed by atoms with E-state index in [0.717, 1.165) is 24.2 Å². The first kappa shape index (κ1) is 10.2. The van der Waals surface area contributed by atoms with Crippen LogP contribution in [0.2, 0.25) is 0 Å². The molecule has 88 valence electrons. The highest BCUT2D eigenvalue weighted by atomic mass is 16.5. The number of rotatable bonds is 3. The van der Waals surface area contributed by atoms with Crippen LogP contribution < -0.4 is 10.5 Å². The van der Waals surface area contributed by atoms with Crippen molar-refractivity contribution in [1.82, 2.24) is 5.16 Å². The Balaban J connectivity index is 1.82. The van der Waals surface area contributed by atoms with Crippen LogP contribution in [0.4, 0.5) is 5.82 Å². The van der Waals surface area contributed by atoms with Crippen LogP contribution >= 0.6 is 0 Å². The maximum atomic E-state index is 5.83. The largest absolute Gasteiger partial charge is 0.490 e. The van der Waals surface area contributed by atoms with Crippen LogP contribution in [0.3, 0.4) is 0 Å². The SMILES string of the molecule is Nc1cc(-c2cccc(OC3CCC3)c2)on1. The van der Waals surface area contributed by atoms with Crippen molar-refractivity contribution in [2.75, 3.05) is 5.73 Å². The Labute approximate surface area is 99.4 Å². The molecule has 0 unspecified atom stereocenters. The summed E-state index contributed by atoms with van der Waals surface area (Å²) in [6, 6.07) is 9.53. The minimum absolute atomic E-state index is 0.380. The Kier molecular flexibility index (Phi) is 2.48. The van der Waals surface area contributed by atoms with E-state index in [2.05, 4.69) is 5.16 Å². The number of ether oxygens (including phenoxy) is 1. The van der Waals surface area contributed by atoms with Gasteiger partial charge in [0.05, 0.1) is 6.10 Å². The number of hydrogen-bond acceptors (Lipinski definition) is 4. The van der Waals surface area contributed by atoms with Crippen LogP contribution in [0.5, 0.6) is 5.75 Å². The average molecular weight is 230 g/mol. The van der Waals surface area contributed by atoms with Crippen molar-refractivity contribution < 1.29 is 9.26 Å². The number of nitrogens with zero attached hydrogens (tertiary/aromatic N) is 1. The molecule has 1 saturated carbocycles. The van der Waals surface area contributed by atoms with Gasteiger partial charge in [-0.2, -0.15) is 0 Å². The Hall–Kier alpha value is -1.97. The second kappa shape index (κ2) is 4.13. The quantitative estimate of drug-likeness (QED) is 0.880. The first-order valence-corrected chi connectivity index (χ1v) is 5.80. The second-order valence-corrected chi connectivity index (χ2v) is 4.31. The molecule has 0 atom stereocenters. The molecule has 1 aliphatic rings. The summed E-state index contributed by atoms with van der Waals surface area (Å²) in [6.45, 7) is 0. The lowest BCUT2D eigenvalue weighted by atomic mass is 9.96. The van der Waals surface area contributed by atoms with E-state index >= 15 is 0 Å². The molecule has 2 N–H and O–H groups in total. The monoisotopic (exact) mass is 230 g/mol. The molecule has 1 aromatic carbocycles. The lowest BCUT2D eigenvalue weighted by Crippen LogP contribution is -2.24. The van der Waals surface area contributed by atoms with Crippen LogP contribution in [-0.2, 0) is 0 Å². The van der Waals surface area contributed by atoms with E-state index in [-0.39, 0.29) is 0 Å². The van der Waals surface area contributed by atoms with Gasteiger partial charge in [-0.25, -0.2) is 0 Å². The average Bonchev–Trinajstić information content (AvgIpc) is 2.71. The zero-order valence-electron chi connectivity index (χ0n) is 9.43. The van der Waals surface area contributed by atoms with E-state index in [4.69, 9.17) is 15.0 Å². The lowest BCUT2D eigenvalue weighted by molar-refractivity contribution is 0.120. The van der Waals surface area contributed by atoms with E-state index in [1.54, 1.807) is 6.07 Å². The van der Waals surface area contributed by atoms with Crippen LogP contribution in [-0.4, -0.2) is 11.3 Å². The Morgan fingerprint density at radius 1 is 1.29 bits per heavy atom. The second-order valence-electron chi connectivity index (χ2n) is 4.31. The molecule has 0 spiro atoms. The summed E-state index contributed by atoms with van der Waals surface area (Å²) in [6.07, 6.45) is 3.95. The van der Waals surface area contributed by atoms with Gasteiger partial charge in [-0.1, -0.05) is 17.3 Å². The van der Waals surface area contributed by atoms with Gasteiger partial charge < -0.3 is 15.0 Å². The van der Waals surface area contributed by atoms with Crippen molar-refractivity contribution in [3.05, 3.63) is 30.3 Å². The highest BCUT2D eigenvalue weighted by Crippen LogP contribution is 2.29. The van der Waals surface area contributed by atoms with Gasteiger partial charge in [-0.05, 0) is 31.4 Å². The smallest absolute Gasteiger partial charge is 0.169 e. The number of nitrogen functional groups attached to an aromatic ring is 1. The minimum Gasteiger partial charge on any atom is -0.490 e. The summed E-state index contributed by atoms with van der Waals surface area (Å²) in [5.41, 5.74) is 6.47. The molecule has 3 rings (SSSR count). The zero-order valence-corrected chi connectivity index (χ0v) is 9.43. The van der Waals surface area contributed by atoms with Crippen LogP contribution in [0, 0.1) is 0 Å². The van der Waals surface area contributed by atoms with Gasteiger partial charge in [-0.3, -0.25) is 0 Å². The van der Waals surface area contributed by atoms with Crippen molar-refractivity contribution >= 4 is 5.82 Å². The predicted octanol–water partition coefficient (Wildman–Crippen LogP) is 2.86. The van der Waals surface area contributed by atoms with Crippen LogP contribution in [0.15, 0.2) is 34.9 Å². The number of aromatic nitrogens is 1. The molecule has 1 fully saturated rings. The van der Waals surface area contributed by atoms with Crippen molar-refractivity contribution in [1.29, 1.82) is 0 Å². The first-order chi connectivity index (χ1) is 8.31. The van der Waals surface area contributed by atoms with Crippen LogP contribution in [0.1, 0.15) is 19.3 Å². The number of hydrogen-bond donors (Lipinski definition) is 1. The summed E-state index contributed by atoms with van der Waals surface area (Å²) in [4.78, 5) is 0. The predicted molar refractivity (Wildman–Crippen MR) is 64.6 cm³/mol. The number of anilines is 1. The summed E-state index contributed by atoms with van der Waals surface area (Å²) >= 11 is 0. The highest BCUT2D eigenvalue weighted by molar-refractivity contribution is 5.61. The van der Waals surface area contributed by atoms with E-state index in [0.29, 0.717) is 17.7 Å². The fraction of sp³-hybridized carbons (Fsp3) is 0.308. The summed E-state index contributed by atoms with van der Waals surface area (Å²) in [5, 5.41) is 3.67. The zero-order chi connectivity index (χ0) is 11.7. The van der Waals surface area contributed by atoms with Gasteiger partial charge >= 0.3 is 0 Å². The van der Waals surface area contributed by atoms with Gasteiger partial charge in [0.2, 0.25) is 0 Å². The molecule has 4 nitrogen and oxygen atoms in total. The van der Waals surface area contributed by atoms with Crippen molar-refractivity contribution in [2.24, 2.45) is 0 Å². The summed E-state index contributed by atoms with van der Waals surface area (Å²) < 4.78 is 10.9. The Morgan fingerprint density at radius 3 is 2.82 bits per heavy atom. The maximum Gasteiger partial charge on any atom is 0.169 e. The normalized spacial score (nSPS) is 15.5. The summed E-state index contributed by atoms with van der Waals surface area (Å²) in [7, 11) is 0. The molecule has 1 heterocycles. The van der Waals surface area contributed by atoms with E-state index < -0.39 is 0 Å². The number of nitrogens with two attached hydrogens (primary N) is 1. The maximum absolute atomic E-state index is 5.83. The number of benzene rings is 1. The van der Waals surface area contributed by atoms with Gasteiger partial charge in [-0.15, -0.1) is 0 Å². The molecule has 2 aromatic rings. The Morgan fingerprint density at radius 2 is 2.18 bits per heavy atom. The fourth-order valence-corrected chi connectivity index (χ4v) is 1.83. The molecule has 0 radical (unpaired) electrons. The van der Waals surface area contributed by atoms with Gasteiger partial charge in [0, 0.05) is 11.6 Å². The van der Waals surface area contributed by atoms with Crippen molar-refractivity contribution in [2.45, 2.75) is 25.4 Å². The van der Waals surface area contributed by atoms with Gasteiger partial charge in [0.15, 0.2) is 11.6 Å². The fourth-order valence-electron chi connectivity index (χ4n) is 1.83. The lowest BCUT2D eigenvalue weighted by Gasteiger charge is -2.26. The van der Waals surface area contributed by atoms with Crippen LogP contribution in [0.25, 0.3) is 11.3 Å². The van der Waals surface area contributed by atoms with Crippen molar-refractivity contribution in [3.63, 3.8) is 0 Å². The first-order valence-electron chi connectivity index (χ1n) is 5.80. The topological polar surface area (TPSA) is 61.3 Å². The third-order valence-electron chi connectivity index (χ3n) is 3.00. The Bertz CT molecular complexity index is 518. The van der Waals surface area contributed by atoms with E-state index in [9.17, 15) is 0 Å². The molecule has 1 aliphatic carbocycles. The van der Waals surface area contributed by atoms with Gasteiger partial charge in [0.25, 0.3) is 0 Å². The molecule has 1 aromatic heterocycles. The molecule has 0 bridgehead atoms. The van der Waals surface area contributed by atoms with E-state index in [1.807, 2.05) is 24.3 Å². The molecular weight excluding hydrogens is 216 g/mol.